The van der Waals surface area contributed by atoms with Crippen molar-refractivity contribution < 1.29 is 19.3 Å². The van der Waals surface area contributed by atoms with Crippen LogP contribution in [0, 0.1) is 11.8 Å². The van der Waals surface area contributed by atoms with Gasteiger partial charge in [0.1, 0.15) is 18.1 Å². The average molecular weight is 543 g/mol. The van der Waals surface area contributed by atoms with E-state index >= 15 is 0 Å². The number of unbranched alkanes of at least 4 members (excludes halogenated alkanes) is 7. The van der Waals surface area contributed by atoms with E-state index < -0.39 is 0 Å². The summed E-state index contributed by atoms with van der Waals surface area (Å²) in [5, 5.41) is 17.5. The van der Waals surface area contributed by atoms with E-state index in [4.69, 9.17) is 19.3 Å². The predicted molar refractivity (Wildman–Crippen MR) is 161 cm³/mol. The molecular weight excluding hydrogens is 500 g/mol. The molecule has 0 atom stereocenters. The Morgan fingerprint density at radius 1 is 0.550 bits per heavy atom. The molecule has 6 heteroatoms. The summed E-state index contributed by atoms with van der Waals surface area (Å²) in [4.78, 5) is 0. The van der Waals surface area contributed by atoms with Crippen molar-refractivity contribution in [2.45, 2.75) is 58.3 Å². The summed E-state index contributed by atoms with van der Waals surface area (Å²) in [6.45, 7) is 4.84. The van der Waals surface area contributed by atoms with E-state index in [0.717, 1.165) is 59.9 Å². The van der Waals surface area contributed by atoms with Gasteiger partial charge in [-0.15, -0.1) is 0 Å². The van der Waals surface area contributed by atoms with Gasteiger partial charge in [0.05, 0.1) is 24.6 Å². The van der Waals surface area contributed by atoms with E-state index in [0.29, 0.717) is 26.4 Å². The van der Waals surface area contributed by atoms with Crippen molar-refractivity contribution in [3.63, 3.8) is 0 Å². The molecule has 0 unspecified atom stereocenters. The Labute approximate surface area is 239 Å². The van der Waals surface area contributed by atoms with Crippen LogP contribution in [0.4, 0.5) is 11.4 Å². The smallest absolute Gasteiger partial charge is 0.119 e. The molecule has 212 valence electrons. The highest BCUT2D eigenvalue weighted by molar-refractivity contribution is 5.48. The fourth-order valence-electron chi connectivity index (χ4n) is 3.94. The van der Waals surface area contributed by atoms with Gasteiger partial charge in [-0.3, -0.25) is 0 Å². The molecule has 0 fully saturated rings. The van der Waals surface area contributed by atoms with Crippen molar-refractivity contribution in [1.82, 2.24) is 0 Å². The van der Waals surface area contributed by atoms with Crippen LogP contribution in [0.15, 0.2) is 83.0 Å². The molecule has 3 aromatic carbocycles. The lowest BCUT2D eigenvalue weighted by atomic mass is 10.1. The van der Waals surface area contributed by atoms with E-state index in [1.165, 1.54) is 32.1 Å². The standard InChI is InChI=1S/C34H42N2O4/c1-2-38-27-28-40-33-21-15-30(16-22-33)12-11-29-13-17-31(18-14-29)35-36-32-19-23-34(24-20-32)39-26-10-8-6-4-3-5-7-9-25-37/h13-24,37H,2-10,25-28H2,1H3. The molecular formula is C34H42N2O4. The first-order valence-corrected chi connectivity index (χ1v) is 14.4. The van der Waals surface area contributed by atoms with Gasteiger partial charge in [-0.05, 0) is 92.6 Å². The van der Waals surface area contributed by atoms with Gasteiger partial charge >= 0.3 is 0 Å². The van der Waals surface area contributed by atoms with E-state index in [2.05, 4.69) is 22.1 Å². The Morgan fingerprint density at radius 3 is 1.55 bits per heavy atom. The Hall–Kier alpha value is -3.66. The molecule has 40 heavy (non-hydrogen) atoms. The van der Waals surface area contributed by atoms with Gasteiger partial charge in [-0.1, -0.05) is 50.4 Å². The monoisotopic (exact) mass is 542 g/mol. The third-order valence-electron chi connectivity index (χ3n) is 6.21. The minimum atomic E-state index is 0.316. The summed E-state index contributed by atoms with van der Waals surface area (Å²) in [5.41, 5.74) is 3.39. The Balaban J connectivity index is 1.35. The first-order chi connectivity index (χ1) is 19.8. The van der Waals surface area contributed by atoms with Crippen LogP contribution < -0.4 is 9.47 Å². The van der Waals surface area contributed by atoms with Gasteiger partial charge in [0.15, 0.2) is 0 Å². The summed E-state index contributed by atoms with van der Waals surface area (Å²) in [6, 6.07) is 23.2. The normalized spacial score (nSPS) is 10.8. The molecule has 6 nitrogen and oxygen atoms in total. The highest BCUT2D eigenvalue weighted by Gasteiger charge is 1.98. The number of aliphatic hydroxyl groups excluding tert-OH is 1. The minimum Gasteiger partial charge on any atom is -0.494 e. The molecule has 3 aromatic rings. The molecule has 0 saturated heterocycles. The molecule has 0 saturated carbocycles. The van der Waals surface area contributed by atoms with Crippen LogP contribution in [0.5, 0.6) is 11.5 Å². The van der Waals surface area contributed by atoms with Crippen LogP contribution in [-0.2, 0) is 4.74 Å². The van der Waals surface area contributed by atoms with Gasteiger partial charge in [-0.25, -0.2) is 0 Å². The van der Waals surface area contributed by atoms with Gasteiger partial charge in [0, 0.05) is 24.3 Å². The van der Waals surface area contributed by atoms with E-state index in [1.807, 2.05) is 79.7 Å². The number of rotatable bonds is 18. The first kappa shape index (κ1) is 30.9. The second-order valence-corrected chi connectivity index (χ2v) is 9.46. The molecule has 0 aliphatic heterocycles. The zero-order valence-corrected chi connectivity index (χ0v) is 23.7. The zero-order valence-electron chi connectivity index (χ0n) is 23.7. The fraction of sp³-hybridized carbons (Fsp3) is 0.412. The van der Waals surface area contributed by atoms with Crippen LogP contribution in [0.1, 0.15) is 69.4 Å². The number of ether oxygens (including phenoxy) is 3. The average Bonchev–Trinajstić information content (AvgIpc) is 3.00. The topological polar surface area (TPSA) is 72.6 Å². The zero-order chi connectivity index (χ0) is 28.1. The molecule has 0 aromatic heterocycles. The van der Waals surface area contributed by atoms with Crippen LogP contribution in [0.25, 0.3) is 0 Å². The molecule has 1 N–H and O–H groups in total. The molecule has 0 amide bonds. The Morgan fingerprint density at radius 2 is 1.00 bits per heavy atom. The van der Waals surface area contributed by atoms with Gasteiger partial charge < -0.3 is 19.3 Å². The lowest BCUT2D eigenvalue weighted by molar-refractivity contribution is 0.110. The summed E-state index contributed by atoms with van der Waals surface area (Å²) in [5.74, 6) is 8.03. The van der Waals surface area contributed by atoms with Crippen molar-refractivity contribution in [2.24, 2.45) is 10.2 Å². The molecule has 0 spiro atoms. The second kappa shape index (κ2) is 19.4. The summed E-state index contributed by atoms with van der Waals surface area (Å²) >= 11 is 0. The third kappa shape index (κ3) is 12.9. The minimum absolute atomic E-state index is 0.316. The van der Waals surface area contributed by atoms with Crippen molar-refractivity contribution in [3.8, 4) is 23.3 Å². The number of azo groups is 1. The predicted octanol–water partition coefficient (Wildman–Crippen LogP) is 8.41. The quantitative estimate of drug-likeness (QED) is 0.0995. The van der Waals surface area contributed by atoms with Crippen molar-refractivity contribution in [3.05, 3.63) is 83.9 Å². The Kier molecular flexibility index (Phi) is 15.0. The van der Waals surface area contributed by atoms with Gasteiger partial charge in [-0.2, -0.15) is 10.2 Å². The first-order valence-electron chi connectivity index (χ1n) is 14.4. The molecule has 0 aliphatic rings. The Bertz CT molecular complexity index is 1160. The van der Waals surface area contributed by atoms with Crippen LogP contribution in [0.3, 0.4) is 0 Å². The molecule has 3 rings (SSSR count). The van der Waals surface area contributed by atoms with Gasteiger partial charge in [0.25, 0.3) is 0 Å². The van der Waals surface area contributed by atoms with E-state index in [9.17, 15) is 0 Å². The number of nitrogens with zero attached hydrogens (tertiary/aromatic N) is 2. The molecule has 0 heterocycles. The highest BCUT2D eigenvalue weighted by atomic mass is 16.5. The van der Waals surface area contributed by atoms with Crippen molar-refractivity contribution >= 4 is 11.4 Å². The van der Waals surface area contributed by atoms with Crippen LogP contribution >= 0.6 is 0 Å². The maximum absolute atomic E-state index is 8.80. The number of benzene rings is 3. The number of hydrogen-bond donors (Lipinski definition) is 1. The maximum atomic E-state index is 8.80. The summed E-state index contributed by atoms with van der Waals surface area (Å²) in [7, 11) is 0. The molecule has 0 aliphatic carbocycles. The SMILES string of the molecule is CCOCCOc1ccc(C#Cc2ccc(N=Nc3ccc(OCCCCCCCCCCO)cc3)cc2)cc1. The largest absolute Gasteiger partial charge is 0.494 e. The lowest BCUT2D eigenvalue weighted by Gasteiger charge is -2.06. The molecule has 0 radical (unpaired) electrons. The summed E-state index contributed by atoms with van der Waals surface area (Å²) in [6.07, 6.45) is 9.32. The van der Waals surface area contributed by atoms with E-state index in [-0.39, 0.29) is 0 Å². The second-order valence-electron chi connectivity index (χ2n) is 9.46. The fourth-order valence-corrected chi connectivity index (χ4v) is 3.94. The van der Waals surface area contributed by atoms with E-state index in [1.54, 1.807) is 0 Å². The van der Waals surface area contributed by atoms with Crippen molar-refractivity contribution in [2.75, 3.05) is 33.0 Å². The van der Waals surface area contributed by atoms with Gasteiger partial charge in [0.2, 0.25) is 0 Å². The van der Waals surface area contributed by atoms with Crippen molar-refractivity contribution in [1.29, 1.82) is 0 Å². The highest BCUT2D eigenvalue weighted by Crippen LogP contribution is 2.22. The lowest BCUT2D eigenvalue weighted by Crippen LogP contribution is -2.06. The number of aliphatic hydroxyl groups is 1. The van der Waals surface area contributed by atoms with Crippen LogP contribution in [-0.4, -0.2) is 38.1 Å². The maximum Gasteiger partial charge on any atom is 0.119 e. The third-order valence-corrected chi connectivity index (χ3v) is 6.21. The number of hydrogen-bond acceptors (Lipinski definition) is 6. The van der Waals surface area contributed by atoms with Crippen LogP contribution in [0.2, 0.25) is 0 Å². The summed E-state index contributed by atoms with van der Waals surface area (Å²) < 4.78 is 16.8. The molecule has 0 bridgehead atoms.